The Kier molecular flexibility index (Phi) is 5.85. The van der Waals surface area contributed by atoms with Crippen molar-refractivity contribution in [2.75, 3.05) is 36.4 Å². The molecule has 0 aliphatic carbocycles. The molecule has 33 heavy (non-hydrogen) atoms. The Balaban J connectivity index is 1.35. The van der Waals surface area contributed by atoms with Gasteiger partial charge in [-0.2, -0.15) is 4.52 Å². The van der Waals surface area contributed by atoms with E-state index in [9.17, 15) is 0 Å². The van der Waals surface area contributed by atoms with Crippen molar-refractivity contribution >= 4 is 27.2 Å². The van der Waals surface area contributed by atoms with Gasteiger partial charge >= 0.3 is 0 Å². The van der Waals surface area contributed by atoms with Crippen LogP contribution in [0, 0.1) is 6.92 Å². The smallest absolute Gasteiger partial charge is 0.216 e. The minimum atomic E-state index is -0.0926. The molecular weight excluding hydrogens is 428 g/mol. The van der Waals surface area contributed by atoms with Crippen molar-refractivity contribution < 1.29 is 0 Å². The van der Waals surface area contributed by atoms with Crippen LogP contribution in [0.4, 0.5) is 10.9 Å². The first-order chi connectivity index (χ1) is 15.9. The molecular formula is C26H32N6S. The Morgan fingerprint density at radius 3 is 2.42 bits per heavy atom. The Bertz CT molecular complexity index is 1230. The van der Waals surface area contributed by atoms with Crippen molar-refractivity contribution in [1.82, 2.24) is 19.5 Å². The molecule has 0 unspecified atom stereocenters. The van der Waals surface area contributed by atoms with Gasteiger partial charge in [0, 0.05) is 43.8 Å². The monoisotopic (exact) mass is 460 g/mol. The standard InChI is InChI=1S/C26H32N6S/c1-19-9-8-10-20(17-19)18-30-13-15-31(16-14-30)25-29-32-23(28-26(2,3)4)22(27-24(32)33-25)21-11-6-5-7-12-21/h5-12,17,28H,13-16,18H2,1-4H3. The van der Waals surface area contributed by atoms with E-state index in [1.807, 2.05) is 10.6 Å². The number of nitrogens with one attached hydrogen (secondary N) is 1. The van der Waals surface area contributed by atoms with Crippen molar-refractivity contribution in [3.63, 3.8) is 0 Å². The Morgan fingerprint density at radius 1 is 0.970 bits per heavy atom. The number of rotatable bonds is 5. The van der Waals surface area contributed by atoms with Crippen LogP contribution in [0.5, 0.6) is 0 Å². The lowest BCUT2D eigenvalue weighted by Gasteiger charge is -2.34. The maximum absolute atomic E-state index is 5.00. The van der Waals surface area contributed by atoms with Gasteiger partial charge in [-0.15, -0.1) is 5.10 Å². The van der Waals surface area contributed by atoms with Crippen LogP contribution in [0.25, 0.3) is 16.2 Å². The quantitative estimate of drug-likeness (QED) is 0.438. The zero-order valence-electron chi connectivity index (χ0n) is 19.9. The summed E-state index contributed by atoms with van der Waals surface area (Å²) in [6.07, 6.45) is 0. The summed E-state index contributed by atoms with van der Waals surface area (Å²) < 4.78 is 1.99. The lowest BCUT2D eigenvalue weighted by Crippen LogP contribution is -2.46. The molecule has 172 valence electrons. The van der Waals surface area contributed by atoms with Crippen molar-refractivity contribution in [1.29, 1.82) is 0 Å². The molecule has 4 aromatic rings. The average Bonchev–Trinajstić information content (AvgIpc) is 3.33. The fourth-order valence-electron chi connectivity index (χ4n) is 4.30. The second-order valence-corrected chi connectivity index (χ2v) is 10.8. The number of fused-ring (bicyclic) bond motifs is 1. The SMILES string of the molecule is Cc1cccc(CN2CCN(c3nn4c(NC(C)(C)C)c(-c5ccccc5)nc4s3)CC2)c1. The number of benzene rings is 2. The van der Waals surface area contributed by atoms with Gasteiger partial charge in [0.25, 0.3) is 0 Å². The van der Waals surface area contributed by atoms with E-state index in [1.165, 1.54) is 11.1 Å². The third-order valence-corrected chi connectivity index (χ3v) is 6.83. The molecule has 0 bridgehead atoms. The third-order valence-electron chi connectivity index (χ3n) is 5.86. The molecule has 1 saturated heterocycles. The van der Waals surface area contributed by atoms with Crippen molar-refractivity contribution in [3.8, 4) is 11.3 Å². The maximum Gasteiger partial charge on any atom is 0.216 e. The first-order valence-corrected chi connectivity index (χ1v) is 12.4. The minimum Gasteiger partial charge on any atom is -0.364 e. The summed E-state index contributed by atoms with van der Waals surface area (Å²) in [5.74, 6) is 0.962. The fourth-order valence-corrected chi connectivity index (χ4v) is 5.25. The molecule has 1 fully saturated rings. The third kappa shape index (κ3) is 4.89. The van der Waals surface area contributed by atoms with Gasteiger partial charge in [-0.25, -0.2) is 4.98 Å². The summed E-state index contributed by atoms with van der Waals surface area (Å²) >= 11 is 1.67. The van der Waals surface area contributed by atoms with E-state index in [2.05, 4.69) is 91.3 Å². The highest BCUT2D eigenvalue weighted by Gasteiger charge is 2.25. The molecule has 0 amide bonds. The highest BCUT2D eigenvalue weighted by atomic mass is 32.1. The number of hydrogen-bond donors (Lipinski definition) is 1. The van der Waals surface area contributed by atoms with Crippen LogP contribution in [0.2, 0.25) is 0 Å². The lowest BCUT2D eigenvalue weighted by molar-refractivity contribution is 0.249. The molecule has 2 aromatic carbocycles. The predicted octanol–water partition coefficient (Wildman–Crippen LogP) is 5.30. The van der Waals surface area contributed by atoms with Crippen LogP contribution in [0.15, 0.2) is 54.6 Å². The summed E-state index contributed by atoms with van der Waals surface area (Å²) in [5, 5.41) is 9.69. The van der Waals surface area contributed by atoms with Gasteiger partial charge in [0.2, 0.25) is 10.1 Å². The summed E-state index contributed by atoms with van der Waals surface area (Å²) in [6.45, 7) is 13.7. The normalized spacial score (nSPS) is 15.3. The van der Waals surface area contributed by atoms with E-state index in [-0.39, 0.29) is 5.54 Å². The van der Waals surface area contributed by atoms with Gasteiger partial charge in [-0.05, 0) is 33.3 Å². The van der Waals surface area contributed by atoms with E-state index in [0.29, 0.717) is 0 Å². The van der Waals surface area contributed by atoms with E-state index < -0.39 is 0 Å². The zero-order valence-corrected chi connectivity index (χ0v) is 20.7. The largest absolute Gasteiger partial charge is 0.364 e. The van der Waals surface area contributed by atoms with Gasteiger partial charge in [0.1, 0.15) is 5.69 Å². The maximum atomic E-state index is 5.00. The first kappa shape index (κ1) is 21.9. The van der Waals surface area contributed by atoms with Crippen LogP contribution in [0.1, 0.15) is 31.9 Å². The number of nitrogens with zero attached hydrogens (tertiary/aromatic N) is 5. The molecule has 7 heteroatoms. The Labute approximate surface area is 199 Å². The first-order valence-electron chi connectivity index (χ1n) is 11.6. The van der Waals surface area contributed by atoms with E-state index >= 15 is 0 Å². The topological polar surface area (TPSA) is 48.7 Å². The molecule has 6 nitrogen and oxygen atoms in total. The van der Waals surface area contributed by atoms with Gasteiger partial charge in [0.05, 0.1) is 0 Å². The number of hydrogen-bond acceptors (Lipinski definition) is 6. The van der Waals surface area contributed by atoms with E-state index in [0.717, 1.165) is 59.9 Å². The number of imidazole rings is 1. The van der Waals surface area contributed by atoms with Gasteiger partial charge in [-0.1, -0.05) is 71.5 Å². The van der Waals surface area contributed by atoms with Crippen LogP contribution < -0.4 is 10.2 Å². The van der Waals surface area contributed by atoms with Crippen LogP contribution in [-0.2, 0) is 6.54 Å². The zero-order chi connectivity index (χ0) is 23.0. The van der Waals surface area contributed by atoms with Gasteiger partial charge in [-0.3, -0.25) is 4.90 Å². The summed E-state index contributed by atoms with van der Waals surface area (Å²) in [5.41, 5.74) is 4.69. The summed E-state index contributed by atoms with van der Waals surface area (Å²) in [4.78, 5) is 10.8. The number of piperazine rings is 1. The van der Waals surface area contributed by atoms with Crippen LogP contribution >= 0.6 is 11.3 Å². The van der Waals surface area contributed by atoms with Gasteiger partial charge < -0.3 is 10.2 Å². The Morgan fingerprint density at radius 2 is 1.73 bits per heavy atom. The van der Waals surface area contributed by atoms with Crippen LogP contribution in [-0.4, -0.2) is 51.2 Å². The molecule has 0 atom stereocenters. The predicted molar refractivity (Wildman–Crippen MR) is 138 cm³/mol. The molecule has 3 heterocycles. The van der Waals surface area contributed by atoms with Gasteiger partial charge in [0.15, 0.2) is 5.82 Å². The second kappa shape index (κ2) is 8.80. The average molecular weight is 461 g/mol. The highest BCUT2D eigenvalue weighted by Crippen LogP contribution is 2.35. The van der Waals surface area contributed by atoms with E-state index in [1.54, 1.807) is 11.3 Å². The van der Waals surface area contributed by atoms with Crippen molar-refractivity contribution in [2.45, 2.75) is 39.8 Å². The van der Waals surface area contributed by atoms with E-state index in [4.69, 9.17) is 10.1 Å². The molecule has 2 aromatic heterocycles. The summed E-state index contributed by atoms with van der Waals surface area (Å²) in [7, 11) is 0. The summed E-state index contributed by atoms with van der Waals surface area (Å²) in [6, 6.07) is 19.2. The molecule has 0 saturated carbocycles. The van der Waals surface area contributed by atoms with Crippen molar-refractivity contribution in [3.05, 3.63) is 65.7 Å². The van der Waals surface area contributed by atoms with Crippen molar-refractivity contribution in [2.24, 2.45) is 0 Å². The number of aryl methyl sites for hydroxylation is 1. The molecule has 1 aliphatic rings. The second-order valence-electron chi connectivity index (χ2n) is 9.88. The molecule has 0 spiro atoms. The molecule has 5 rings (SSSR count). The fraction of sp³-hybridized carbons (Fsp3) is 0.385. The number of anilines is 2. The minimum absolute atomic E-state index is 0.0926. The highest BCUT2D eigenvalue weighted by molar-refractivity contribution is 7.20. The molecule has 1 aliphatic heterocycles. The molecule has 0 radical (unpaired) electrons. The molecule has 1 N–H and O–H groups in total. The Hall–Kier alpha value is -2.90. The van der Waals surface area contributed by atoms with Crippen LogP contribution in [0.3, 0.4) is 0 Å². The number of aromatic nitrogens is 3. The lowest BCUT2D eigenvalue weighted by atomic mass is 10.1.